The lowest BCUT2D eigenvalue weighted by atomic mass is 9.89. The van der Waals surface area contributed by atoms with Gasteiger partial charge in [0.15, 0.2) is 0 Å². The Morgan fingerprint density at radius 3 is 2.74 bits per heavy atom. The maximum atomic E-state index is 13.1. The second-order valence-electron chi connectivity index (χ2n) is 6.89. The summed E-state index contributed by atoms with van der Waals surface area (Å²) in [4.78, 5) is 36.7. The van der Waals surface area contributed by atoms with Crippen molar-refractivity contribution in [1.82, 2.24) is 19.8 Å². The summed E-state index contributed by atoms with van der Waals surface area (Å²) in [6.45, 7) is 3.90. The molecule has 2 aromatic heterocycles. The summed E-state index contributed by atoms with van der Waals surface area (Å²) >= 11 is 0. The van der Waals surface area contributed by atoms with Gasteiger partial charge in [-0.2, -0.15) is 0 Å². The highest BCUT2D eigenvalue weighted by Crippen LogP contribution is 2.43. The van der Waals surface area contributed by atoms with E-state index in [0.717, 1.165) is 27.7 Å². The molecule has 6 nitrogen and oxygen atoms in total. The highest BCUT2D eigenvalue weighted by Gasteiger charge is 2.52. The Kier molecular flexibility index (Phi) is 3.40. The standard InChI is InChI=1S/C21H18N4O2/c1-2-11-24-20(26)17-12-15-14-5-3-4-6-16(14)23-18(15)19(25(17)21(24)27)13-7-9-22-10-8-13/h2-10,17,19,23H,1,11-12H2/t17-,19+/m0/s1. The van der Waals surface area contributed by atoms with Crippen LogP contribution in [-0.4, -0.2) is 44.3 Å². The first-order valence-corrected chi connectivity index (χ1v) is 8.94. The average molecular weight is 358 g/mol. The van der Waals surface area contributed by atoms with Crippen LogP contribution >= 0.6 is 0 Å². The maximum absolute atomic E-state index is 13.1. The molecular weight excluding hydrogens is 340 g/mol. The van der Waals surface area contributed by atoms with Gasteiger partial charge >= 0.3 is 6.03 Å². The van der Waals surface area contributed by atoms with Crippen molar-refractivity contribution in [3.8, 4) is 0 Å². The lowest BCUT2D eigenvalue weighted by Gasteiger charge is -2.35. The number of carbonyl (C=O) groups excluding carboxylic acids is 2. The quantitative estimate of drug-likeness (QED) is 0.578. The van der Waals surface area contributed by atoms with E-state index in [9.17, 15) is 9.59 Å². The first kappa shape index (κ1) is 15.8. The van der Waals surface area contributed by atoms with Crippen LogP contribution < -0.4 is 0 Å². The molecule has 0 saturated carbocycles. The largest absolute Gasteiger partial charge is 0.356 e. The molecule has 0 bridgehead atoms. The van der Waals surface area contributed by atoms with Crippen molar-refractivity contribution in [2.45, 2.75) is 18.5 Å². The number of urea groups is 1. The van der Waals surface area contributed by atoms with Crippen LogP contribution in [0.5, 0.6) is 0 Å². The van der Waals surface area contributed by atoms with E-state index in [1.807, 2.05) is 30.3 Å². The number of pyridine rings is 1. The fourth-order valence-corrected chi connectivity index (χ4v) is 4.32. The summed E-state index contributed by atoms with van der Waals surface area (Å²) in [5.74, 6) is -0.158. The molecule has 2 aliphatic rings. The number of fused-ring (bicyclic) bond motifs is 4. The van der Waals surface area contributed by atoms with Crippen LogP contribution in [0.2, 0.25) is 0 Å². The minimum Gasteiger partial charge on any atom is -0.356 e. The minimum absolute atomic E-state index is 0.158. The van der Waals surface area contributed by atoms with Gasteiger partial charge in [0, 0.05) is 42.0 Å². The normalized spacial score (nSPS) is 21.5. The summed E-state index contributed by atoms with van der Waals surface area (Å²) in [7, 11) is 0. The third-order valence-electron chi connectivity index (χ3n) is 5.47. The Morgan fingerprint density at radius 1 is 1.19 bits per heavy atom. The summed E-state index contributed by atoms with van der Waals surface area (Å²) in [6.07, 6.45) is 5.53. The van der Waals surface area contributed by atoms with E-state index >= 15 is 0 Å². The van der Waals surface area contributed by atoms with Gasteiger partial charge in [-0.15, -0.1) is 6.58 Å². The van der Waals surface area contributed by atoms with Crippen molar-refractivity contribution < 1.29 is 9.59 Å². The fraction of sp³-hybridized carbons (Fsp3) is 0.190. The van der Waals surface area contributed by atoms with Crippen LogP contribution in [0.25, 0.3) is 10.9 Å². The van der Waals surface area contributed by atoms with E-state index in [2.05, 4.69) is 22.6 Å². The molecule has 1 aromatic carbocycles. The average Bonchev–Trinajstić information content (AvgIpc) is 3.18. The number of rotatable bonds is 3. The molecule has 27 heavy (non-hydrogen) atoms. The second-order valence-corrected chi connectivity index (χ2v) is 6.89. The van der Waals surface area contributed by atoms with Gasteiger partial charge in [-0.3, -0.25) is 19.6 Å². The van der Waals surface area contributed by atoms with Crippen molar-refractivity contribution in [2.24, 2.45) is 0 Å². The predicted octanol–water partition coefficient (Wildman–Crippen LogP) is 3.03. The van der Waals surface area contributed by atoms with Gasteiger partial charge in [0.2, 0.25) is 0 Å². The molecule has 0 spiro atoms. The summed E-state index contributed by atoms with van der Waals surface area (Å²) in [6, 6.07) is 10.7. The SMILES string of the molecule is C=CCN1C(=O)[C@@H]2Cc3c([nH]c4ccccc34)[C@@H](c3ccncc3)N2C1=O. The van der Waals surface area contributed by atoms with Crippen LogP contribution in [0.1, 0.15) is 22.9 Å². The van der Waals surface area contributed by atoms with E-state index < -0.39 is 6.04 Å². The third kappa shape index (κ3) is 2.16. The number of nitrogens with zero attached hydrogens (tertiary/aromatic N) is 3. The number of benzene rings is 1. The molecule has 0 aliphatic carbocycles. The minimum atomic E-state index is -0.498. The molecule has 2 atom stereocenters. The lowest BCUT2D eigenvalue weighted by molar-refractivity contribution is -0.128. The molecular formula is C21H18N4O2. The summed E-state index contributed by atoms with van der Waals surface area (Å²) in [5.41, 5.74) is 4.03. The first-order valence-electron chi connectivity index (χ1n) is 8.94. The number of imide groups is 1. The molecule has 1 saturated heterocycles. The van der Waals surface area contributed by atoms with Gasteiger partial charge in [0.1, 0.15) is 12.1 Å². The van der Waals surface area contributed by atoms with E-state index in [1.165, 1.54) is 4.90 Å². The van der Waals surface area contributed by atoms with Crippen molar-refractivity contribution in [3.05, 3.63) is 78.3 Å². The number of aromatic amines is 1. The first-order chi connectivity index (χ1) is 13.2. The number of hydrogen-bond acceptors (Lipinski definition) is 3. The molecule has 4 heterocycles. The van der Waals surface area contributed by atoms with Crippen LogP contribution in [0.15, 0.2) is 61.4 Å². The van der Waals surface area contributed by atoms with Crippen LogP contribution in [0.4, 0.5) is 4.79 Å². The Morgan fingerprint density at radius 2 is 1.96 bits per heavy atom. The smallest absolute Gasteiger partial charge is 0.328 e. The van der Waals surface area contributed by atoms with Crippen LogP contribution in [-0.2, 0) is 11.2 Å². The molecule has 0 unspecified atom stereocenters. The zero-order valence-electron chi connectivity index (χ0n) is 14.6. The number of nitrogens with one attached hydrogen (secondary N) is 1. The molecule has 3 aromatic rings. The Balaban J connectivity index is 1.74. The third-order valence-corrected chi connectivity index (χ3v) is 5.47. The highest BCUT2D eigenvalue weighted by atomic mass is 16.2. The molecule has 3 amide bonds. The van der Waals surface area contributed by atoms with E-state index in [1.54, 1.807) is 23.4 Å². The van der Waals surface area contributed by atoms with E-state index in [-0.39, 0.29) is 24.5 Å². The Hall–Kier alpha value is -3.41. The van der Waals surface area contributed by atoms with Gasteiger partial charge < -0.3 is 4.98 Å². The van der Waals surface area contributed by atoms with E-state index in [4.69, 9.17) is 0 Å². The van der Waals surface area contributed by atoms with Gasteiger partial charge in [-0.1, -0.05) is 24.3 Å². The van der Waals surface area contributed by atoms with E-state index in [0.29, 0.717) is 6.42 Å². The number of hydrogen-bond donors (Lipinski definition) is 1. The predicted molar refractivity (Wildman–Crippen MR) is 101 cm³/mol. The number of carbonyl (C=O) groups is 2. The van der Waals surface area contributed by atoms with Crippen LogP contribution in [0.3, 0.4) is 0 Å². The Bertz CT molecular complexity index is 1070. The monoisotopic (exact) mass is 358 g/mol. The van der Waals surface area contributed by atoms with Crippen molar-refractivity contribution in [1.29, 1.82) is 0 Å². The molecule has 1 N–H and O–H groups in total. The fourth-order valence-electron chi connectivity index (χ4n) is 4.32. The van der Waals surface area contributed by atoms with Gasteiger partial charge in [0.05, 0.1) is 0 Å². The number of H-pyrrole nitrogens is 1. The van der Waals surface area contributed by atoms with Crippen molar-refractivity contribution in [3.63, 3.8) is 0 Å². The molecule has 0 radical (unpaired) electrons. The number of aromatic nitrogens is 2. The molecule has 1 fully saturated rings. The van der Waals surface area contributed by atoms with Crippen LogP contribution in [0, 0.1) is 0 Å². The topological polar surface area (TPSA) is 69.3 Å². The Labute approximate surface area is 156 Å². The molecule has 2 aliphatic heterocycles. The highest BCUT2D eigenvalue weighted by molar-refractivity contribution is 6.06. The zero-order valence-corrected chi connectivity index (χ0v) is 14.6. The van der Waals surface area contributed by atoms with Gasteiger partial charge in [0.25, 0.3) is 5.91 Å². The lowest BCUT2D eigenvalue weighted by Crippen LogP contribution is -2.44. The van der Waals surface area contributed by atoms with Gasteiger partial charge in [-0.05, 0) is 29.3 Å². The summed E-state index contributed by atoms with van der Waals surface area (Å²) in [5, 5.41) is 1.11. The van der Waals surface area contributed by atoms with Crippen molar-refractivity contribution >= 4 is 22.8 Å². The molecule has 134 valence electrons. The number of amides is 3. The summed E-state index contributed by atoms with van der Waals surface area (Å²) < 4.78 is 0. The number of para-hydroxylation sites is 1. The molecule has 6 heteroatoms. The second kappa shape index (κ2) is 5.81. The van der Waals surface area contributed by atoms with Crippen molar-refractivity contribution in [2.75, 3.05) is 6.54 Å². The van der Waals surface area contributed by atoms with Gasteiger partial charge in [-0.25, -0.2) is 4.79 Å². The molecule has 5 rings (SSSR count). The maximum Gasteiger partial charge on any atom is 0.328 e. The zero-order chi connectivity index (χ0) is 18.5.